The van der Waals surface area contributed by atoms with Gasteiger partial charge in [-0.15, -0.1) is 0 Å². The van der Waals surface area contributed by atoms with Crippen molar-refractivity contribution < 1.29 is 19.0 Å². The molecule has 0 radical (unpaired) electrons. The van der Waals surface area contributed by atoms with Crippen molar-refractivity contribution in [3.05, 3.63) is 0 Å². The van der Waals surface area contributed by atoms with E-state index < -0.39 is 12.2 Å². The second kappa shape index (κ2) is 1.71. The van der Waals surface area contributed by atoms with Crippen molar-refractivity contribution in [2.45, 2.75) is 19.1 Å². The van der Waals surface area contributed by atoms with Gasteiger partial charge in [-0.05, 0) is 0 Å². The molecule has 0 saturated heterocycles. The van der Waals surface area contributed by atoms with E-state index in [2.05, 4.69) is 0 Å². The summed E-state index contributed by atoms with van der Waals surface area (Å²) in [6.45, 7) is 0.428. The van der Waals surface area contributed by atoms with Gasteiger partial charge < -0.3 is 10.2 Å². The maximum atomic E-state index is 11.3. The summed E-state index contributed by atoms with van der Waals surface area (Å²) in [4.78, 5) is 0. The zero-order valence-corrected chi connectivity index (χ0v) is 3.73. The van der Waals surface area contributed by atoms with E-state index in [1.165, 1.54) is 0 Å². The molecule has 0 saturated carbocycles. The third-order valence-corrected chi connectivity index (χ3v) is 0.453. The highest BCUT2D eigenvalue weighted by Crippen LogP contribution is 2.13. The molecular weight excluding hydrogens is 106 g/mol. The average molecular weight is 112 g/mol. The van der Waals surface area contributed by atoms with Crippen molar-refractivity contribution in [3.8, 4) is 0 Å². The molecule has 0 aromatic rings. The first kappa shape index (κ1) is 6.78. The molecule has 0 aliphatic carbocycles. The van der Waals surface area contributed by atoms with Crippen LogP contribution in [0.3, 0.4) is 0 Å². The molecule has 0 fully saturated rings. The number of aliphatic hydroxyl groups is 2. The Bertz CT molecular complexity index is 56.4. The Morgan fingerprint density at radius 2 is 1.57 bits per heavy atom. The van der Waals surface area contributed by atoms with E-state index in [9.17, 15) is 8.78 Å². The Labute approximate surface area is 39.4 Å². The first-order valence-corrected chi connectivity index (χ1v) is 1.68. The second-order valence-electron chi connectivity index (χ2n) is 1.33. The topological polar surface area (TPSA) is 40.5 Å². The molecule has 0 bridgehead atoms. The van der Waals surface area contributed by atoms with Crippen LogP contribution in [0.1, 0.15) is 6.92 Å². The van der Waals surface area contributed by atoms with E-state index in [1.807, 2.05) is 0 Å². The fourth-order valence-electron chi connectivity index (χ4n) is 0. The van der Waals surface area contributed by atoms with Gasteiger partial charge in [-0.1, -0.05) is 0 Å². The van der Waals surface area contributed by atoms with Gasteiger partial charge in [0, 0.05) is 6.92 Å². The lowest BCUT2D eigenvalue weighted by molar-refractivity contribution is -0.197. The number of halogens is 2. The van der Waals surface area contributed by atoms with Crippen LogP contribution in [0.2, 0.25) is 0 Å². The maximum Gasteiger partial charge on any atom is 0.294 e. The summed E-state index contributed by atoms with van der Waals surface area (Å²) >= 11 is 0. The van der Waals surface area contributed by atoms with Crippen molar-refractivity contribution in [3.63, 3.8) is 0 Å². The van der Waals surface area contributed by atoms with Gasteiger partial charge in [-0.3, -0.25) is 0 Å². The molecule has 0 heterocycles. The van der Waals surface area contributed by atoms with Gasteiger partial charge in [-0.2, -0.15) is 0 Å². The molecule has 0 aromatic heterocycles. The van der Waals surface area contributed by atoms with Crippen LogP contribution in [-0.4, -0.2) is 22.4 Å². The molecule has 4 heteroatoms. The standard InChI is InChI=1S/C3H6F2O2/c1-3(4,5)2(6)7/h2,6-7H,1H3. The normalized spacial score (nSPS) is 12.9. The zero-order valence-electron chi connectivity index (χ0n) is 3.73. The summed E-state index contributed by atoms with van der Waals surface area (Å²) in [6.07, 6.45) is -2.53. The molecular formula is C3H6F2O2. The van der Waals surface area contributed by atoms with E-state index in [4.69, 9.17) is 10.2 Å². The quantitative estimate of drug-likeness (QED) is 0.467. The monoisotopic (exact) mass is 112 g/mol. The van der Waals surface area contributed by atoms with Crippen LogP contribution in [0.15, 0.2) is 0 Å². The summed E-state index contributed by atoms with van der Waals surface area (Å²) in [5.41, 5.74) is 0. The number of rotatable bonds is 1. The van der Waals surface area contributed by atoms with Crippen molar-refractivity contribution in [1.29, 1.82) is 0 Å². The van der Waals surface area contributed by atoms with E-state index in [1.54, 1.807) is 0 Å². The van der Waals surface area contributed by atoms with Gasteiger partial charge in [0.2, 0.25) is 6.29 Å². The summed E-state index contributed by atoms with van der Waals surface area (Å²) in [5, 5.41) is 15.4. The van der Waals surface area contributed by atoms with Crippen molar-refractivity contribution in [1.82, 2.24) is 0 Å². The minimum absolute atomic E-state index is 0.428. The predicted molar refractivity (Wildman–Crippen MR) is 18.8 cm³/mol. The third kappa shape index (κ3) is 2.47. The third-order valence-electron chi connectivity index (χ3n) is 0.453. The van der Waals surface area contributed by atoms with Gasteiger partial charge in [0.25, 0.3) is 5.92 Å². The minimum Gasteiger partial charge on any atom is -0.363 e. The Morgan fingerprint density at radius 1 is 1.43 bits per heavy atom. The van der Waals surface area contributed by atoms with Gasteiger partial charge in [-0.25, -0.2) is 8.78 Å². The van der Waals surface area contributed by atoms with E-state index in [0.717, 1.165) is 0 Å². The molecule has 0 aliphatic heterocycles. The van der Waals surface area contributed by atoms with Gasteiger partial charge in [0.05, 0.1) is 0 Å². The number of alkyl halides is 2. The Hall–Kier alpha value is -0.220. The number of hydrogen-bond donors (Lipinski definition) is 2. The Balaban J connectivity index is 3.54. The lowest BCUT2D eigenvalue weighted by atomic mass is 10.4. The van der Waals surface area contributed by atoms with Crippen LogP contribution < -0.4 is 0 Å². The highest BCUT2D eigenvalue weighted by atomic mass is 19.3. The van der Waals surface area contributed by atoms with E-state index in [0.29, 0.717) is 6.92 Å². The lowest BCUT2D eigenvalue weighted by Crippen LogP contribution is -2.28. The van der Waals surface area contributed by atoms with Gasteiger partial charge in [0.15, 0.2) is 0 Å². The molecule has 0 aliphatic rings. The van der Waals surface area contributed by atoms with Crippen LogP contribution >= 0.6 is 0 Å². The van der Waals surface area contributed by atoms with Gasteiger partial charge in [0.1, 0.15) is 0 Å². The highest BCUT2D eigenvalue weighted by molar-refractivity contribution is 4.57. The fraction of sp³-hybridized carbons (Fsp3) is 1.00. The molecule has 0 unspecified atom stereocenters. The molecule has 44 valence electrons. The molecule has 7 heavy (non-hydrogen) atoms. The van der Waals surface area contributed by atoms with E-state index in [-0.39, 0.29) is 0 Å². The minimum atomic E-state index is -3.39. The molecule has 0 spiro atoms. The summed E-state index contributed by atoms with van der Waals surface area (Å²) < 4.78 is 22.7. The lowest BCUT2D eigenvalue weighted by Gasteiger charge is -2.10. The van der Waals surface area contributed by atoms with E-state index >= 15 is 0 Å². The number of aliphatic hydroxyl groups excluding tert-OH is 1. The highest BCUT2D eigenvalue weighted by Gasteiger charge is 2.29. The van der Waals surface area contributed by atoms with Crippen LogP contribution in [0.5, 0.6) is 0 Å². The molecule has 0 aromatic carbocycles. The Morgan fingerprint density at radius 3 is 1.57 bits per heavy atom. The van der Waals surface area contributed by atoms with Crippen LogP contribution in [0.25, 0.3) is 0 Å². The molecule has 0 rings (SSSR count). The Kier molecular flexibility index (Phi) is 1.66. The number of hydrogen-bond acceptors (Lipinski definition) is 2. The van der Waals surface area contributed by atoms with Gasteiger partial charge >= 0.3 is 0 Å². The van der Waals surface area contributed by atoms with Crippen molar-refractivity contribution >= 4 is 0 Å². The van der Waals surface area contributed by atoms with Crippen molar-refractivity contribution in [2.75, 3.05) is 0 Å². The molecule has 2 nitrogen and oxygen atoms in total. The summed E-state index contributed by atoms with van der Waals surface area (Å²) in [7, 11) is 0. The van der Waals surface area contributed by atoms with Crippen LogP contribution in [0.4, 0.5) is 8.78 Å². The average Bonchev–Trinajstić information content (AvgIpc) is 1.31. The molecule has 0 amide bonds. The maximum absolute atomic E-state index is 11.3. The molecule has 2 N–H and O–H groups in total. The fourth-order valence-corrected chi connectivity index (χ4v) is 0. The first-order chi connectivity index (χ1) is 2.94. The molecule has 0 atom stereocenters. The second-order valence-corrected chi connectivity index (χ2v) is 1.33. The largest absolute Gasteiger partial charge is 0.363 e. The predicted octanol–water partition coefficient (Wildman–Crippen LogP) is -0.0477. The van der Waals surface area contributed by atoms with Crippen molar-refractivity contribution in [2.24, 2.45) is 0 Å². The smallest absolute Gasteiger partial charge is 0.294 e. The summed E-state index contributed by atoms with van der Waals surface area (Å²) in [5.74, 6) is -3.39. The SMILES string of the molecule is CC(F)(F)C(O)O. The first-order valence-electron chi connectivity index (χ1n) is 1.68. The summed E-state index contributed by atoms with van der Waals surface area (Å²) in [6, 6.07) is 0. The van der Waals surface area contributed by atoms with Crippen LogP contribution in [-0.2, 0) is 0 Å². The zero-order chi connectivity index (χ0) is 6.08. The van der Waals surface area contributed by atoms with Crippen LogP contribution in [0, 0.1) is 0 Å².